The van der Waals surface area contributed by atoms with E-state index in [2.05, 4.69) is 31.8 Å². The van der Waals surface area contributed by atoms with Crippen LogP contribution in [0.25, 0.3) is 0 Å². The molecule has 0 radical (unpaired) electrons. The number of aliphatic imine (C=N–C) groups is 1. The highest BCUT2D eigenvalue weighted by Gasteiger charge is 2.26. The molecule has 1 N–H and O–H groups in total. The van der Waals surface area contributed by atoms with Crippen molar-refractivity contribution in [1.82, 2.24) is 19.6 Å². The number of hydrogen-bond donors (Lipinski definition) is 1. The number of benzene rings is 1. The van der Waals surface area contributed by atoms with E-state index >= 15 is 0 Å². The molecule has 2 heterocycles. The van der Waals surface area contributed by atoms with Crippen LogP contribution in [0.3, 0.4) is 0 Å². The molecule has 13 heteroatoms. The van der Waals surface area contributed by atoms with Crippen LogP contribution in [0.15, 0.2) is 28.3 Å². The van der Waals surface area contributed by atoms with Crippen molar-refractivity contribution in [3.63, 3.8) is 0 Å². The van der Waals surface area contributed by atoms with Gasteiger partial charge in [-0.15, -0.1) is 10.2 Å². The van der Waals surface area contributed by atoms with Crippen LogP contribution in [-0.2, 0) is 26.3 Å². The van der Waals surface area contributed by atoms with Gasteiger partial charge in [-0.25, -0.2) is 26.6 Å². The number of aryl methyl sites for hydroxylation is 2. The van der Waals surface area contributed by atoms with E-state index in [0.29, 0.717) is 43.3 Å². The van der Waals surface area contributed by atoms with Gasteiger partial charge in [0.05, 0.1) is 29.2 Å². The molecular weight excluding hydrogens is 611 g/mol. The predicted octanol–water partition coefficient (Wildman–Crippen LogP) is 5.59. The lowest BCUT2D eigenvalue weighted by atomic mass is 10.1. The van der Waals surface area contributed by atoms with Crippen molar-refractivity contribution < 1.29 is 16.8 Å². The highest BCUT2D eigenvalue weighted by Crippen LogP contribution is 2.27. The number of likely N-dealkylation sites (N-methyl/N-ethyl adjacent to an activating group) is 1. The van der Waals surface area contributed by atoms with Crippen LogP contribution < -0.4 is 9.62 Å². The highest BCUT2D eigenvalue weighted by atomic mass is 32.2. The number of rotatable bonds is 22. The summed E-state index contributed by atoms with van der Waals surface area (Å²) < 4.78 is 52.3. The topological polar surface area (TPSA) is 139 Å². The van der Waals surface area contributed by atoms with Crippen LogP contribution >= 0.6 is 0 Å². The van der Waals surface area contributed by atoms with Gasteiger partial charge in [-0.3, -0.25) is 0 Å². The Kier molecular flexibility index (Phi) is 14.6. The molecule has 0 atom stereocenters. The molecule has 1 aromatic heterocycles. The Morgan fingerprint density at radius 3 is 2.13 bits per heavy atom. The molecule has 0 fully saturated rings. The van der Waals surface area contributed by atoms with Crippen LogP contribution in [0.2, 0.25) is 0 Å². The highest BCUT2D eigenvalue weighted by molar-refractivity contribution is 7.91. The lowest BCUT2D eigenvalue weighted by Gasteiger charge is -2.23. The molecule has 3 rings (SSSR count). The molecule has 1 aromatic carbocycles. The molecule has 0 unspecified atom stereocenters. The van der Waals surface area contributed by atoms with Crippen molar-refractivity contribution in [3.05, 3.63) is 35.4 Å². The molecule has 0 aliphatic carbocycles. The fraction of sp³-hybridized carbons (Fsp3) is 0.688. The SMILES string of the molecule is CCCCCCCCCCCCS(=O)(=O)CCCc1nnc2n1N=C(C)C2=Nc1ccc(N(CC)CCNS(C)(=O)=O)cc1C. The normalized spacial score (nSPS) is 14.2. The molecule has 0 saturated carbocycles. The minimum absolute atomic E-state index is 0.140. The zero-order chi connectivity index (χ0) is 32.9. The zero-order valence-electron chi connectivity index (χ0n) is 27.9. The molecule has 252 valence electrons. The van der Waals surface area contributed by atoms with Gasteiger partial charge in [0.25, 0.3) is 0 Å². The van der Waals surface area contributed by atoms with Gasteiger partial charge < -0.3 is 4.90 Å². The summed E-state index contributed by atoms with van der Waals surface area (Å²) >= 11 is 0. The average molecular weight is 664 g/mol. The lowest BCUT2D eigenvalue weighted by Crippen LogP contribution is -2.34. The maximum Gasteiger partial charge on any atom is 0.208 e. The van der Waals surface area contributed by atoms with E-state index < -0.39 is 19.9 Å². The average Bonchev–Trinajstić information content (AvgIpc) is 3.50. The number of nitrogens with one attached hydrogen (secondary N) is 1. The van der Waals surface area contributed by atoms with Gasteiger partial charge in [0, 0.05) is 31.7 Å². The van der Waals surface area contributed by atoms with E-state index in [1.807, 2.05) is 39.0 Å². The summed E-state index contributed by atoms with van der Waals surface area (Å²) in [5.41, 5.74) is 4.10. The molecular formula is C32H53N7O4S2. The number of hydrogen-bond acceptors (Lipinski definition) is 9. The van der Waals surface area contributed by atoms with Gasteiger partial charge in [-0.2, -0.15) is 9.78 Å². The van der Waals surface area contributed by atoms with E-state index in [0.717, 1.165) is 54.7 Å². The van der Waals surface area contributed by atoms with E-state index in [1.54, 1.807) is 4.68 Å². The number of unbranched alkanes of at least 4 members (excludes halogenated alkanes) is 9. The van der Waals surface area contributed by atoms with Crippen molar-refractivity contribution in [2.24, 2.45) is 10.1 Å². The summed E-state index contributed by atoms with van der Waals surface area (Å²) in [5, 5.41) is 13.3. The molecule has 0 spiro atoms. The molecule has 2 aromatic rings. The molecule has 0 bridgehead atoms. The number of sulfonamides is 1. The summed E-state index contributed by atoms with van der Waals surface area (Å²) in [6.07, 6.45) is 13.9. The second kappa shape index (κ2) is 17.9. The fourth-order valence-corrected chi connectivity index (χ4v) is 7.38. The van der Waals surface area contributed by atoms with Crippen molar-refractivity contribution >= 4 is 42.7 Å². The lowest BCUT2D eigenvalue weighted by molar-refractivity contribution is 0.557. The Labute approximate surface area is 271 Å². The summed E-state index contributed by atoms with van der Waals surface area (Å²) in [4.78, 5) is 6.97. The Morgan fingerprint density at radius 1 is 0.867 bits per heavy atom. The molecule has 11 nitrogen and oxygen atoms in total. The zero-order valence-corrected chi connectivity index (χ0v) is 29.5. The van der Waals surface area contributed by atoms with Crippen molar-refractivity contribution in [2.45, 2.75) is 105 Å². The number of anilines is 1. The number of aromatic nitrogens is 3. The number of nitrogens with zero attached hydrogens (tertiary/aromatic N) is 6. The summed E-state index contributed by atoms with van der Waals surface area (Å²) in [7, 11) is -6.33. The van der Waals surface area contributed by atoms with E-state index in [4.69, 9.17) is 4.99 Å². The Morgan fingerprint density at radius 2 is 1.51 bits per heavy atom. The van der Waals surface area contributed by atoms with Crippen LogP contribution in [0.5, 0.6) is 0 Å². The molecule has 45 heavy (non-hydrogen) atoms. The third-order valence-electron chi connectivity index (χ3n) is 8.08. The standard InChI is InChI=1S/C32H53N7O4S2/c1-6-8-9-10-11-12-13-14-15-16-23-45(42,43)24-17-18-30-35-36-32-31(27(4)37-39(30)32)34-29-20-19-28(25-26(29)3)38(7-2)22-21-33-44(5,40)41/h19-20,25,33H,6-18,21-24H2,1-5H3. The van der Waals surface area contributed by atoms with Crippen LogP contribution in [0.1, 0.15) is 109 Å². The maximum absolute atomic E-state index is 12.6. The first kappa shape index (κ1) is 36.8. The Bertz CT molecular complexity index is 1520. The quantitative estimate of drug-likeness (QED) is 0.162. The van der Waals surface area contributed by atoms with E-state index in [1.165, 1.54) is 44.9 Å². The van der Waals surface area contributed by atoms with Gasteiger partial charge in [0.2, 0.25) is 15.8 Å². The third-order valence-corrected chi connectivity index (χ3v) is 10.6. The van der Waals surface area contributed by atoms with Crippen LogP contribution in [-0.4, -0.2) is 80.5 Å². The van der Waals surface area contributed by atoms with Gasteiger partial charge in [-0.05, 0) is 57.4 Å². The number of fused-ring (bicyclic) bond motifs is 1. The molecule has 1 aliphatic rings. The molecule has 0 saturated heterocycles. The maximum atomic E-state index is 12.6. The first-order valence-corrected chi connectivity index (χ1v) is 20.2. The second-order valence-electron chi connectivity index (χ2n) is 12.1. The van der Waals surface area contributed by atoms with E-state index in [-0.39, 0.29) is 11.5 Å². The van der Waals surface area contributed by atoms with Crippen LogP contribution in [0.4, 0.5) is 11.4 Å². The van der Waals surface area contributed by atoms with Gasteiger partial charge in [-0.1, -0.05) is 64.7 Å². The Balaban J connectivity index is 1.50. The van der Waals surface area contributed by atoms with Gasteiger partial charge in [0.15, 0.2) is 5.82 Å². The van der Waals surface area contributed by atoms with Crippen molar-refractivity contribution in [2.75, 3.05) is 42.3 Å². The minimum Gasteiger partial charge on any atom is -0.370 e. The molecule has 1 aliphatic heterocycles. The second-order valence-corrected chi connectivity index (χ2v) is 16.2. The summed E-state index contributed by atoms with van der Waals surface area (Å²) in [6, 6.07) is 5.96. The summed E-state index contributed by atoms with van der Waals surface area (Å²) in [5.74, 6) is 1.58. The third kappa shape index (κ3) is 12.2. The molecule has 0 amide bonds. The Hall–Kier alpha value is -2.64. The van der Waals surface area contributed by atoms with Crippen molar-refractivity contribution in [3.8, 4) is 0 Å². The fourth-order valence-electron chi connectivity index (χ4n) is 5.49. The number of sulfone groups is 1. The first-order valence-electron chi connectivity index (χ1n) is 16.5. The smallest absolute Gasteiger partial charge is 0.208 e. The monoisotopic (exact) mass is 663 g/mol. The largest absolute Gasteiger partial charge is 0.370 e. The predicted molar refractivity (Wildman–Crippen MR) is 185 cm³/mol. The first-order chi connectivity index (χ1) is 21.4. The van der Waals surface area contributed by atoms with Crippen molar-refractivity contribution in [1.29, 1.82) is 0 Å². The van der Waals surface area contributed by atoms with Gasteiger partial charge >= 0.3 is 0 Å². The van der Waals surface area contributed by atoms with E-state index in [9.17, 15) is 16.8 Å². The van der Waals surface area contributed by atoms with Gasteiger partial charge in [0.1, 0.15) is 15.5 Å². The minimum atomic E-state index is -3.23. The summed E-state index contributed by atoms with van der Waals surface area (Å²) in [6.45, 7) is 9.74. The van der Waals surface area contributed by atoms with Crippen LogP contribution in [0, 0.1) is 6.92 Å².